The van der Waals surface area contributed by atoms with Gasteiger partial charge in [0, 0.05) is 12.1 Å². The second-order valence-electron chi connectivity index (χ2n) is 2.75. The topological polar surface area (TPSA) is 27.1 Å². The molecule has 14 heavy (non-hydrogen) atoms. The molecule has 0 bridgehead atoms. The summed E-state index contributed by atoms with van der Waals surface area (Å²) in [4.78, 5) is 0. The van der Waals surface area contributed by atoms with Gasteiger partial charge in [0.05, 0.1) is 12.8 Å². The van der Waals surface area contributed by atoms with Crippen LogP contribution in [-0.2, 0) is 13.0 Å². The number of nitrogens with zero attached hydrogens (tertiary/aromatic N) is 2. The SMILES string of the molecule is CC.CCc1nn(CC)c(OC)c1C. The lowest BCUT2D eigenvalue weighted by Gasteiger charge is -2.02. The zero-order valence-corrected chi connectivity index (χ0v) is 10.2. The lowest BCUT2D eigenvalue weighted by atomic mass is 10.2. The van der Waals surface area contributed by atoms with Crippen LogP contribution in [0, 0.1) is 6.92 Å². The molecule has 0 aliphatic rings. The van der Waals surface area contributed by atoms with Crippen molar-refractivity contribution >= 4 is 0 Å². The van der Waals surface area contributed by atoms with Crippen LogP contribution in [0.1, 0.15) is 39.0 Å². The summed E-state index contributed by atoms with van der Waals surface area (Å²) >= 11 is 0. The highest BCUT2D eigenvalue weighted by Crippen LogP contribution is 2.20. The second-order valence-corrected chi connectivity index (χ2v) is 2.75. The minimum atomic E-state index is 0.865. The van der Waals surface area contributed by atoms with Crippen molar-refractivity contribution in [2.24, 2.45) is 0 Å². The highest BCUT2D eigenvalue weighted by Gasteiger charge is 2.11. The molecule has 1 rings (SSSR count). The Kier molecular flexibility index (Phi) is 6.00. The van der Waals surface area contributed by atoms with E-state index in [1.165, 1.54) is 5.56 Å². The van der Waals surface area contributed by atoms with E-state index in [1.54, 1.807) is 7.11 Å². The molecule has 1 heterocycles. The molecule has 0 radical (unpaired) electrons. The number of hydrogen-bond donors (Lipinski definition) is 0. The van der Waals surface area contributed by atoms with Gasteiger partial charge in [-0.1, -0.05) is 20.8 Å². The van der Waals surface area contributed by atoms with E-state index >= 15 is 0 Å². The molecule has 1 aromatic rings. The molecule has 3 nitrogen and oxygen atoms in total. The minimum absolute atomic E-state index is 0.865. The molecule has 0 aliphatic carbocycles. The van der Waals surface area contributed by atoms with Crippen molar-refractivity contribution in [3.8, 4) is 5.88 Å². The van der Waals surface area contributed by atoms with Gasteiger partial charge >= 0.3 is 0 Å². The maximum Gasteiger partial charge on any atom is 0.214 e. The summed E-state index contributed by atoms with van der Waals surface area (Å²) in [7, 11) is 1.69. The van der Waals surface area contributed by atoms with E-state index in [1.807, 2.05) is 18.5 Å². The smallest absolute Gasteiger partial charge is 0.214 e. The largest absolute Gasteiger partial charge is 0.481 e. The third-order valence-corrected chi connectivity index (χ3v) is 2.06. The van der Waals surface area contributed by atoms with Crippen LogP contribution in [-0.4, -0.2) is 16.9 Å². The van der Waals surface area contributed by atoms with Crippen molar-refractivity contribution in [2.75, 3.05) is 7.11 Å². The average molecular weight is 198 g/mol. The molecular weight excluding hydrogens is 176 g/mol. The quantitative estimate of drug-likeness (QED) is 0.746. The predicted octanol–water partition coefficient (Wildman–Crippen LogP) is 2.81. The summed E-state index contributed by atoms with van der Waals surface area (Å²) in [6.07, 6.45) is 0.967. The van der Waals surface area contributed by atoms with Gasteiger partial charge in [-0.3, -0.25) is 0 Å². The van der Waals surface area contributed by atoms with Crippen molar-refractivity contribution < 1.29 is 4.74 Å². The third-order valence-electron chi connectivity index (χ3n) is 2.06. The lowest BCUT2D eigenvalue weighted by molar-refractivity contribution is 0.361. The second kappa shape index (κ2) is 6.46. The molecule has 0 saturated carbocycles. The summed E-state index contributed by atoms with van der Waals surface area (Å²) in [6.45, 7) is 11.1. The van der Waals surface area contributed by atoms with E-state index in [0.717, 1.165) is 24.5 Å². The molecule has 0 N–H and O–H groups in total. The number of hydrogen-bond acceptors (Lipinski definition) is 2. The zero-order valence-electron chi connectivity index (χ0n) is 10.2. The van der Waals surface area contributed by atoms with Crippen LogP contribution in [0.15, 0.2) is 0 Å². The third kappa shape index (κ3) is 2.50. The van der Waals surface area contributed by atoms with Crippen molar-refractivity contribution in [3.63, 3.8) is 0 Å². The summed E-state index contributed by atoms with van der Waals surface area (Å²) in [6, 6.07) is 0. The van der Waals surface area contributed by atoms with Crippen molar-refractivity contribution in [3.05, 3.63) is 11.3 Å². The van der Waals surface area contributed by atoms with Crippen molar-refractivity contribution in [2.45, 2.75) is 47.6 Å². The Labute approximate surface area is 87.1 Å². The number of aromatic nitrogens is 2. The molecular formula is C11H22N2O. The predicted molar refractivity (Wildman–Crippen MR) is 59.9 cm³/mol. The molecule has 0 aromatic carbocycles. The monoisotopic (exact) mass is 198 g/mol. The van der Waals surface area contributed by atoms with Crippen molar-refractivity contribution in [1.29, 1.82) is 0 Å². The fraction of sp³-hybridized carbons (Fsp3) is 0.727. The van der Waals surface area contributed by atoms with Crippen LogP contribution in [0.5, 0.6) is 5.88 Å². The van der Waals surface area contributed by atoms with Crippen LogP contribution in [0.4, 0.5) is 0 Å². The van der Waals surface area contributed by atoms with Gasteiger partial charge in [0.2, 0.25) is 5.88 Å². The molecule has 0 saturated heterocycles. The first-order chi connectivity index (χ1) is 6.74. The molecule has 3 heteroatoms. The number of aryl methyl sites for hydroxylation is 2. The van der Waals surface area contributed by atoms with E-state index in [0.29, 0.717) is 0 Å². The molecule has 82 valence electrons. The van der Waals surface area contributed by atoms with Crippen LogP contribution in [0.25, 0.3) is 0 Å². The Bertz CT molecular complexity index is 266. The standard InChI is InChI=1S/C9H16N2O.C2H6/c1-5-8-7(3)9(12-4)11(6-2)10-8;1-2/h5-6H2,1-4H3;1-2H3. The highest BCUT2D eigenvalue weighted by atomic mass is 16.5. The highest BCUT2D eigenvalue weighted by molar-refractivity contribution is 5.30. The van der Waals surface area contributed by atoms with Gasteiger partial charge in [0.25, 0.3) is 0 Å². The lowest BCUT2D eigenvalue weighted by Crippen LogP contribution is -2.00. The van der Waals surface area contributed by atoms with Gasteiger partial charge in [-0.25, -0.2) is 4.68 Å². The Balaban J connectivity index is 0.000000791. The first-order valence-corrected chi connectivity index (χ1v) is 5.34. The van der Waals surface area contributed by atoms with Crippen molar-refractivity contribution in [1.82, 2.24) is 9.78 Å². The molecule has 0 amide bonds. The van der Waals surface area contributed by atoms with Crippen LogP contribution in [0.2, 0.25) is 0 Å². The summed E-state index contributed by atoms with van der Waals surface area (Å²) in [5, 5.41) is 4.41. The Morgan fingerprint density at radius 1 is 1.29 bits per heavy atom. The summed E-state index contributed by atoms with van der Waals surface area (Å²) < 4.78 is 7.15. The fourth-order valence-corrected chi connectivity index (χ4v) is 1.39. The molecule has 0 spiro atoms. The maximum absolute atomic E-state index is 5.25. The first kappa shape index (κ1) is 13.0. The Morgan fingerprint density at radius 2 is 1.86 bits per heavy atom. The van der Waals surface area contributed by atoms with E-state index < -0.39 is 0 Å². The maximum atomic E-state index is 5.25. The van der Waals surface area contributed by atoms with Gasteiger partial charge in [-0.2, -0.15) is 5.10 Å². The molecule has 0 aliphatic heterocycles. The van der Waals surface area contributed by atoms with Crippen LogP contribution in [0.3, 0.4) is 0 Å². The summed E-state index contributed by atoms with van der Waals surface area (Å²) in [5.41, 5.74) is 2.30. The molecule has 0 atom stereocenters. The number of methoxy groups -OCH3 is 1. The summed E-state index contributed by atoms with van der Waals surface area (Å²) in [5.74, 6) is 0.898. The van der Waals surface area contributed by atoms with Crippen LogP contribution < -0.4 is 4.74 Å². The van der Waals surface area contributed by atoms with Gasteiger partial charge in [-0.05, 0) is 20.3 Å². The van der Waals surface area contributed by atoms with Gasteiger partial charge in [0.15, 0.2) is 0 Å². The fourth-order valence-electron chi connectivity index (χ4n) is 1.39. The van der Waals surface area contributed by atoms with Crippen LogP contribution >= 0.6 is 0 Å². The Morgan fingerprint density at radius 3 is 2.14 bits per heavy atom. The molecule has 1 aromatic heterocycles. The molecule has 0 unspecified atom stereocenters. The van der Waals surface area contributed by atoms with Gasteiger partial charge in [0.1, 0.15) is 0 Å². The van der Waals surface area contributed by atoms with Gasteiger partial charge < -0.3 is 4.74 Å². The first-order valence-electron chi connectivity index (χ1n) is 5.34. The normalized spacial score (nSPS) is 9.29. The van der Waals surface area contributed by atoms with E-state index in [2.05, 4.69) is 25.9 Å². The van der Waals surface area contributed by atoms with E-state index in [4.69, 9.17) is 4.74 Å². The number of rotatable bonds is 3. The average Bonchev–Trinajstić information content (AvgIpc) is 2.57. The number of ether oxygens (including phenoxy) is 1. The van der Waals surface area contributed by atoms with Gasteiger partial charge in [-0.15, -0.1) is 0 Å². The zero-order chi connectivity index (χ0) is 11.1. The minimum Gasteiger partial charge on any atom is -0.481 e. The van der Waals surface area contributed by atoms with E-state index in [9.17, 15) is 0 Å². The Hall–Kier alpha value is -0.990. The molecule has 0 fully saturated rings. The van der Waals surface area contributed by atoms with E-state index in [-0.39, 0.29) is 0 Å².